The molecule has 8 nitrogen and oxygen atoms in total. The van der Waals surface area contributed by atoms with Crippen molar-refractivity contribution in [1.29, 1.82) is 0 Å². The lowest BCUT2D eigenvalue weighted by Crippen LogP contribution is -2.62. The van der Waals surface area contributed by atoms with Crippen LogP contribution in [0, 0.1) is 52.3 Å². The van der Waals surface area contributed by atoms with Crippen LogP contribution in [0.3, 0.4) is 0 Å². The summed E-state index contributed by atoms with van der Waals surface area (Å²) < 4.78 is 47.3. The Bertz CT molecular complexity index is 1900. The molecule has 62 heavy (non-hydrogen) atoms. The molecule has 0 radical (unpaired) electrons. The van der Waals surface area contributed by atoms with Crippen LogP contribution < -0.4 is 0 Å². The second-order valence-electron chi connectivity index (χ2n) is 21.3. The van der Waals surface area contributed by atoms with E-state index in [1.807, 2.05) is 54.6 Å². The first-order valence-electron chi connectivity index (χ1n) is 24.4. The molecule has 0 amide bonds. The van der Waals surface area contributed by atoms with E-state index >= 15 is 0 Å². The lowest BCUT2D eigenvalue weighted by atomic mass is 9.44. The van der Waals surface area contributed by atoms with Gasteiger partial charge in [-0.05, 0) is 121 Å². The molecule has 336 valence electrons. The predicted octanol–water partition coefficient (Wildman–Crippen LogP) is 10.3. The van der Waals surface area contributed by atoms with Gasteiger partial charge in [0.2, 0.25) is 0 Å². The number of aliphatic hydroxyl groups is 1. The molecule has 0 aromatic heterocycles. The summed E-state index contributed by atoms with van der Waals surface area (Å²) in [6.07, 6.45) is 8.47. The maximum Gasteiger partial charge on any atom is 0.187 e. The Labute approximate surface area is 370 Å². The van der Waals surface area contributed by atoms with Crippen molar-refractivity contribution in [2.75, 3.05) is 13.2 Å². The van der Waals surface area contributed by atoms with Gasteiger partial charge in [0, 0.05) is 12.3 Å². The van der Waals surface area contributed by atoms with Crippen molar-refractivity contribution in [1.82, 2.24) is 0 Å². The van der Waals surface area contributed by atoms with Crippen molar-refractivity contribution in [2.24, 2.45) is 52.3 Å². The monoisotopic (exact) mass is 849 g/mol. The molecule has 0 unspecified atom stereocenters. The maximum atomic E-state index is 12.0. The summed E-state index contributed by atoms with van der Waals surface area (Å²) in [5, 5.41) is 12.0. The summed E-state index contributed by atoms with van der Waals surface area (Å²) in [5.41, 5.74) is 3.77. The van der Waals surface area contributed by atoms with E-state index in [9.17, 15) is 5.11 Å². The van der Waals surface area contributed by atoms with Crippen LogP contribution in [0.4, 0.5) is 0 Å². The van der Waals surface area contributed by atoms with Crippen LogP contribution in [0.15, 0.2) is 91.0 Å². The van der Waals surface area contributed by atoms with Gasteiger partial charge >= 0.3 is 0 Å². The molecular weight excluding hydrogens is 777 g/mol. The van der Waals surface area contributed by atoms with Gasteiger partial charge in [0.25, 0.3) is 0 Å². The molecule has 3 aromatic carbocycles. The maximum absolute atomic E-state index is 12.0. The van der Waals surface area contributed by atoms with Gasteiger partial charge in [-0.2, -0.15) is 0 Å². The number of hydrogen-bond acceptors (Lipinski definition) is 8. The average molecular weight is 849 g/mol. The van der Waals surface area contributed by atoms with Gasteiger partial charge in [-0.15, -0.1) is 0 Å². The van der Waals surface area contributed by atoms with Crippen molar-refractivity contribution < 1.29 is 38.3 Å². The quantitative estimate of drug-likeness (QED) is 0.181. The van der Waals surface area contributed by atoms with Gasteiger partial charge in [0.15, 0.2) is 12.1 Å². The summed E-state index contributed by atoms with van der Waals surface area (Å²) in [6.45, 7) is 12.2. The van der Waals surface area contributed by atoms with Crippen LogP contribution in [0.5, 0.6) is 0 Å². The third-order valence-electron chi connectivity index (χ3n) is 17.8. The van der Waals surface area contributed by atoms with Crippen LogP contribution >= 0.6 is 0 Å². The van der Waals surface area contributed by atoms with Gasteiger partial charge in [0.05, 0.1) is 45.2 Å². The topological polar surface area (TPSA) is 84.8 Å². The molecule has 3 heterocycles. The summed E-state index contributed by atoms with van der Waals surface area (Å²) in [5.74, 6) is 4.13. The molecule has 3 aromatic rings. The van der Waals surface area contributed by atoms with Crippen LogP contribution in [0.1, 0.15) is 109 Å². The smallest absolute Gasteiger partial charge is 0.187 e. The normalized spacial score (nSPS) is 43.7. The highest BCUT2D eigenvalue weighted by atomic mass is 16.7. The van der Waals surface area contributed by atoms with E-state index in [0.717, 1.165) is 66.7 Å². The molecular formula is C54H72O8. The number of hydrogen-bond donors (Lipinski definition) is 1. The van der Waals surface area contributed by atoms with Gasteiger partial charge in [0.1, 0.15) is 24.4 Å². The third-order valence-corrected chi connectivity index (χ3v) is 17.8. The summed E-state index contributed by atoms with van der Waals surface area (Å²) >= 11 is 0. The average Bonchev–Trinajstić information content (AvgIpc) is 3.74. The first-order valence-corrected chi connectivity index (χ1v) is 24.4. The van der Waals surface area contributed by atoms with E-state index in [2.05, 4.69) is 64.1 Å². The fourth-order valence-electron chi connectivity index (χ4n) is 14.5. The van der Waals surface area contributed by atoms with Gasteiger partial charge in [-0.3, -0.25) is 0 Å². The minimum Gasteiger partial charge on any atom is -0.387 e. The highest BCUT2D eigenvalue weighted by Gasteiger charge is 2.69. The summed E-state index contributed by atoms with van der Waals surface area (Å²) in [4.78, 5) is 0. The van der Waals surface area contributed by atoms with E-state index < -0.39 is 30.7 Å². The Morgan fingerprint density at radius 1 is 0.677 bits per heavy atom. The highest BCUT2D eigenvalue weighted by molar-refractivity contribution is 5.18. The molecule has 4 saturated carbocycles. The van der Waals surface area contributed by atoms with E-state index in [-0.39, 0.29) is 18.5 Å². The van der Waals surface area contributed by atoms with Crippen LogP contribution in [0.25, 0.3) is 0 Å². The molecule has 10 rings (SSSR count). The van der Waals surface area contributed by atoms with Crippen LogP contribution in [-0.4, -0.2) is 67.0 Å². The second-order valence-corrected chi connectivity index (χ2v) is 21.3. The first kappa shape index (κ1) is 43.2. The number of benzene rings is 3. The molecule has 3 aliphatic heterocycles. The molecule has 7 fully saturated rings. The fraction of sp³-hybridized carbons (Fsp3) is 0.667. The summed E-state index contributed by atoms with van der Waals surface area (Å²) in [6, 6.07) is 30.5. The molecule has 1 N–H and O–H groups in total. The molecule has 4 aliphatic carbocycles. The number of rotatable bonds is 12. The molecule has 17 atom stereocenters. The molecule has 7 aliphatic rings. The van der Waals surface area contributed by atoms with Crippen LogP contribution in [-0.2, 0) is 53.0 Å². The predicted molar refractivity (Wildman–Crippen MR) is 237 cm³/mol. The number of ether oxygens (including phenoxy) is 7. The second kappa shape index (κ2) is 18.0. The summed E-state index contributed by atoms with van der Waals surface area (Å²) in [7, 11) is 0. The van der Waals surface area contributed by atoms with Crippen molar-refractivity contribution in [2.45, 2.75) is 160 Å². The highest BCUT2D eigenvalue weighted by Crippen LogP contribution is 2.71. The fourth-order valence-corrected chi connectivity index (χ4v) is 14.5. The van der Waals surface area contributed by atoms with E-state index in [1.54, 1.807) is 0 Å². The first-order chi connectivity index (χ1) is 30.1. The zero-order chi connectivity index (χ0) is 42.5. The zero-order valence-electron chi connectivity index (χ0n) is 37.7. The third kappa shape index (κ3) is 8.16. The Balaban J connectivity index is 0.846. The van der Waals surface area contributed by atoms with Gasteiger partial charge in [-0.25, -0.2) is 0 Å². The minimum absolute atomic E-state index is 0.0247. The molecule has 8 heteroatoms. The molecule has 3 saturated heterocycles. The number of aliphatic hydroxyl groups excluding tert-OH is 1. The Morgan fingerprint density at radius 3 is 1.98 bits per heavy atom. The lowest BCUT2D eigenvalue weighted by molar-refractivity contribution is -0.334. The molecule has 0 bridgehead atoms. The Morgan fingerprint density at radius 2 is 1.32 bits per heavy atom. The SMILES string of the molecule is C[C@@H]1CC[C@@]2(OC1)O[C@H]1C[C@H]3[C@@H]4CC[C@H]5C[C@@H](O[C@@H]6O[C@H](COCc7ccccc7)[C@H](O)[C@H](OCc7ccccc7)[C@H]6OCc6ccccc6)CC[C@]5(C)[C@H]4CC[C@]3(C)[C@H]1[C@@H]2C. The van der Waals surface area contributed by atoms with Crippen molar-refractivity contribution in [3.05, 3.63) is 108 Å². The van der Waals surface area contributed by atoms with Crippen molar-refractivity contribution >= 4 is 0 Å². The van der Waals surface area contributed by atoms with Crippen molar-refractivity contribution in [3.8, 4) is 0 Å². The van der Waals surface area contributed by atoms with E-state index in [0.29, 0.717) is 60.4 Å². The molecule has 1 spiro atoms. The van der Waals surface area contributed by atoms with Crippen LogP contribution in [0.2, 0.25) is 0 Å². The Kier molecular flexibility index (Phi) is 12.5. The van der Waals surface area contributed by atoms with Gasteiger partial charge < -0.3 is 38.3 Å². The minimum atomic E-state index is -0.982. The number of fused-ring (bicyclic) bond motifs is 7. The van der Waals surface area contributed by atoms with E-state index in [4.69, 9.17) is 33.2 Å². The largest absolute Gasteiger partial charge is 0.387 e. The van der Waals surface area contributed by atoms with Crippen molar-refractivity contribution in [3.63, 3.8) is 0 Å². The standard InChI is InChI=1S/C54H72O8/c1-35-22-27-54(59-30-35)36(2)47-45(62-54)29-44-42-21-20-40-28-41(23-25-52(40,3)43(42)24-26-53(44,47)4)60-51-50(58-33-39-18-12-7-13-19-39)49(57-32-38-16-10-6-11-17-38)48(55)46(61-51)34-56-31-37-14-8-5-9-15-37/h5-19,35-36,40-51,55H,20-34H2,1-4H3/t35-,36+,40+,41+,42-,43+,44+,45+,46-,47+,48+,49+,50-,51-,52+,53+,54-/m1/s1. The van der Waals surface area contributed by atoms with Gasteiger partial charge in [-0.1, -0.05) is 119 Å². The zero-order valence-corrected chi connectivity index (χ0v) is 37.7. The van der Waals surface area contributed by atoms with E-state index in [1.165, 1.54) is 38.5 Å². The Hall–Kier alpha value is -2.66. The lowest BCUT2D eigenvalue weighted by Gasteiger charge is -2.61.